The summed E-state index contributed by atoms with van der Waals surface area (Å²) in [6.45, 7) is 11.3. The maximum atomic E-state index is 5.31. The molecule has 0 fully saturated rings. The number of benzene rings is 4. The van der Waals surface area contributed by atoms with Gasteiger partial charge in [0.05, 0.1) is 22.9 Å². The number of fused-ring (bicyclic) bond motifs is 4. The number of aryl methyl sites for hydroxylation is 1. The molecule has 0 amide bonds. The van der Waals surface area contributed by atoms with Crippen LogP contribution in [0.25, 0.3) is 59.4 Å². The number of hydrogen-bond acceptors (Lipinski definition) is 3. The Morgan fingerprint density at radius 2 is 1.49 bits per heavy atom. The van der Waals surface area contributed by atoms with Crippen LogP contribution >= 0.6 is 11.3 Å². The predicted octanol–water partition coefficient (Wildman–Crippen LogP) is 10.7. The number of pyridine rings is 1. The minimum absolute atomic E-state index is 0.316. The van der Waals surface area contributed by atoms with Gasteiger partial charge < -0.3 is 0 Å². The summed E-state index contributed by atoms with van der Waals surface area (Å²) in [4.78, 5) is 9.88. The number of nitrogens with zero attached hydrogens (tertiary/aromatic N) is 3. The van der Waals surface area contributed by atoms with Gasteiger partial charge in [-0.15, -0.1) is 11.3 Å². The first-order valence-corrected chi connectivity index (χ1v) is 15.2. The van der Waals surface area contributed by atoms with Crippen LogP contribution in [-0.2, 0) is 0 Å². The number of hydrogen-bond donors (Lipinski definition) is 0. The zero-order valence-corrected chi connectivity index (χ0v) is 25.0. The Morgan fingerprint density at radius 3 is 2.22 bits per heavy atom. The molecule has 0 aliphatic heterocycles. The maximum absolute atomic E-state index is 5.31. The first-order chi connectivity index (χ1) is 19.9. The summed E-state index contributed by atoms with van der Waals surface area (Å²) in [5.74, 6) is 1.60. The first-order valence-electron chi connectivity index (χ1n) is 14.4. The third-order valence-electron chi connectivity index (χ3n) is 8.09. The van der Waals surface area contributed by atoms with Gasteiger partial charge in [0.15, 0.2) is 0 Å². The molecule has 0 N–H and O–H groups in total. The van der Waals surface area contributed by atoms with Crippen LogP contribution < -0.4 is 0 Å². The van der Waals surface area contributed by atoms with Gasteiger partial charge in [-0.2, -0.15) is 0 Å². The number of imidazole rings is 1. The molecule has 0 atom stereocenters. The summed E-state index contributed by atoms with van der Waals surface area (Å²) >= 11 is 1.86. The van der Waals surface area contributed by atoms with Gasteiger partial charge in [-0.1, -0.05) is 81.8 Å². The molecule has 7 aromatic rings. The van der Waals surface area contributed by atoms with E-state index < -0.39 is 0 Å². The van der Waals surface area contributed by atoms with E-state index in [4.69, 9.17) is 4.98 Å². The average Bonchev–Trinajstić information content (AvgIpc) is 3.55. The Kier molecular flexibility index (Phi) is 6.24. The Labute approximate surface area is 245 Å². The van der Waals surface area contributed by atoms with Gasteiger partial charge >= 0.3 is 0 Å². The molecule has 0 aliphatic carbocycles. The van der Waals surface area contributed by atoms with Crippen molar-refractivity contribution >= 4 is 42.5 Å². The second kappa shape index (κ2) is 9.97. The molecule has 0 saturated carbocycles. The van der Waals surface area contributed by atoms with Crippen LogP contribution in [0.2, 0.25) is 0 Å². The molecule has 7 rings (SSSR count). The number of thiophene rings is 1. The fourth-order valence-electron chi connectivity index (χ4n) is 6.04. The molecule has 3 heterocycles. The monoisotopic (exact) mass is 551 g/mol. The van der Waals surface area contributed by atoms with Crippen LogP contribution in [0, 0.1) is 6.92 Å². The lowest BCUT2D eigenvalue weighted by molar-refractivity contribution is 0.811. The number of aromatic nitrogens is 3. The van der Waals surface area contributed by atoms with E-state index in [9.17, 15) is 0 Å². The minimum atomic E-state index is 0.316. The molecule has 4 aromatic carbocycles. The zero-order valence-electron chi connectivity index (χ0n) is 24.1. The third-order valence-corrected chi connectivity index (χ3v) is 9.31. The third kappa shape index (κ3) is 4.25. The van der Waals surface area contributed by atoms with E-state index in [1.807, 2.05) is 29.8 Å². The highest BCUT2D eigenvalue weighted by atomic mass is 32.1. The largest absolute Gasteiger partial charge is 0.290 e. The molecule has 0 saturated heterocycles. The fraction of sp³-hybridized carbons (Fsp3) is 0.189. The van der Waals surface area contributed by atoms with Crippen LogP contribution in [0.5, 0.6) is 0 Å². The second-order valence-electron chi connectivity index (χ2n) is 11.6. The van der Waals surface area contributed by atoms with Crippen molar-refractivity contribution in [1.29, 1.82) is 0 Å². The molecule has 0 aliphatic rings. The SMILES string of the molecule is Cc1ccc2sc3c(-c4nc5ccncc5n4-c4c(C(C)C)cc(-c5ccccc5)cc4C(C)C)cccc3c2c1. The average molecular weight is 552 g/mol. The summed E-state index contributed by atoms with van der Waals surface area (Å²) in [6.07, 6.45) is 3.82. The molecule has 0 unspecified atom stereocenters. The second-order valence-corrected chi connectivity index (χ2v) is 12.7. The van der Waals surface area contributed by atoms with Crippen molar-refractivity contribution in [3.63, 3.8) is 0 Å². The Bertz CT molecular complexity index is 2030. The van der Waals surface area contributed by atoms with Crippen molar-refractivity contribution in [2.45, 2.75) is 46.5 Å². The maximum Gasteiger partial charge on any atom is 0.147 e. The van der Waals surface area contributed by atoms with Crippen LogP contribution in [0.4, 0.5) is 0 Å². The van der Waals surface area contributed by atoms with Gasteiger partial charge in [0.25, 0.3) is 0 Å². The van der Waals surface area contributed by atoms with Gasteiger partial charge in [-0.25, -0.2) is 4.98 Å². The van der Waals surface area contributed by atoms with Gasteiger partial charge in [-0.3, -0.25) is 9.55 Å². The van der Waals surface area contributed by atoms with Gasteiger partial charge in [-0.05, 0) is 77.4 Å². The molecular formula is C37H33N3S. The lowest BCUT2D eigenvalue weighted by atomic mass is 9.88. The van der Waals surface area contributed by atoms with Gasteiger partial charge in [0.1, 0.15) is 5.82 Å². The Hall–Kier alpha value is -4.28. The predicted molar refractivity (Wildman–Crippen MR) is 176 cm³/mol. The molecule has 0 spiro atoms. The van der Waals surface area contributed by atoms with E-state index in [1.165, 1.54) is 53.7 Å². The van der Waals surface area contributed by atoms with E-state index >= 15 is 0 Å². The first kappa shape index (κ1) is 25.7. The summed E-state index contributed by atoms with van der Waals surface area (Å²) in [5, 5.41) is 2.60. The molecular weight excluding hydrogens is 518 g/mol. The highest BCUT2D eigenvalue weighted by molar-refractivity contribution is 7.26. The van der Waals surface area contributed by atoms with Crippen molar-refractivity contribution in [2.24, 2.45) is 0 Å². The molecule has 0 bridgehead atoms. The van der Waals surface area contributed by atoms with E-state index in [2.05, 4.69) is 123 Å². The lowest BCUT2D eigenvalue weighted by Crippen LogP contribution is -2.09. The molecule has 0 radical (unpaired) electrons. The smallest absolute Gasteiger partial charge is 0.147 e. The van der Waals surface area contributed by atoms with Gasteiger partial charge in [0.2, 0.25) is 0 Å². The van der Waals surface area contributed by atoms with E-state index in [0.717, 1.165) is 22.4 Å². The van der Waals surface area contributed by atoms with E-state index in [0.29, 0.717) is 11.8 Å². The van der Waals surface area contributed by atoms with Crippen molar-refractivity contribution in [3.05, 3.63) is 114 Å². The lowest BCUT2D eigenvalue weighted by Gasteiger charge is -2.24. The van der Waals surface area contributed by atoms with Crippen molar-refractivity contribution in [1.82, 2.24) is 14.5 Å². The normalized spacial score (nSPS) is 12.0. The fourth-order valence-corrected chi connectivity index (χ4v) is 7.23. The Balaban J connectivity index is 1.59. The van der Waals surface area contributed by atoms with Crippen molar-refractivity contribution < 1.29 is 0 Å². The van der Waals surface area contributed by atoms with Gasteiger partial charge in [0, 0.05) is 31.9 Å². The Morgan fingerprint density at radius 1 is 0.732 bits per heavy atom. The molecule has 3 aromatic heterocycles. The van der Waals surface area contributed by atoms with Crippen molar-refractivity contribution in [2.75, 3.05) is 0 Å². The molecule has 3 nitrogen and oxygen atoms in total. The highest BCUT2D eigenvalue weighted by Crippen LogP contribution is 2.44. The summed E-state index contributed by atoms with van der Waals surface area (Å²) in [6, 6.07) is 31.0. The molecule has 41 heavy (non-hydrogen) atoms. The summed E-state index contributed by atoms with van der Waals surface area (Å²) < 4.78 is 4.97. The molecule has 202 valence electrons. The summed E-state index contributed by atoms with van der Waals surface area (Å²) in [7, 11) is 0. The zero-order chi connectivity index (χ0) is 28.2. The van der Waals surface area contributed by atoms with Crippen LogP contribution in [-0.4, -0.2) is 14.5 Å². The van der Waals surface area contributed by atoms with Crippen LogP contribution in [0.3, 0.4) is 0 Å². The standard InChI is InChI=1S/C37H33N3S/c1-22(2)29-19-26(25-10-7-6-8-11-25)20-30(23(3)4)35(29)40-33-21-38-17-16-32(33)39-37(40)28-13-9-12-27-31-18-24(5)14-15-34(31)41-36(27)28/h6-23H,1-5H3. The molecule has 4 heteroatoms. The van der Waals surface area contributed by atoms with Crippen LogP contribution in [0.15, 0.2) is 97.3 Å². The summed E-state index contributed by atoms with van der Waals surface area (Å²) in [5.41, 5.74) is 10.8. The van der Waals surface area contributed by atoms with E-state index in [1.54, 1.807) is 0 Å². The minimum Gasteiger partial charge on any atom is -0.290 e. The highest BCUT2D eigenvalue weighted by Gasteiger charge is 2.25. The topological polar surface area (TPSA) is 30.7 Å². The van der Waals surface area contributed by atoms with E-state index in [-0.39, 0.29) is 0 Å². The quantitative estimate of drug-likeness (QED) is 0.213. The van der Waals surface area contributed by atoms with Crippen LogP contribution in [0.1, 0.15) is 56.2 Å². The number of rotatable bonds is 5. The van der Waals surface area contributed by atoms with Crippen molar-refractivity contribution in [3.8, 4) is 28.2 Å².